The second kappa shape index (κ2) is 7.83. The van der Waals surface area contributed by atoms with E-state index in [0.29, 0.717) is 22.0 Å². The first-order valence-electron chi connectivity index (χ1n) is 8.48. The predicted octanol–water partition coefficient (Wildman–Crippen LogP) is 3.17. The molecule has 3 rings (SSSR count). The van der Waals surface area contributed by atoms with Crippen LogP contribution in [0, 0.1) is 13.8 Å². The van der Waals surface area contributed by atoms with Gasteiger partial charge in [-0.3, -0.25) is 4.79 Å². The maximum atomic E-state index is 12.9. The highest BCUT2D eigenvalue weighted by Crippen LogP contribution is 2.25. The molecule has 0 bridgehead atoms. The Balaban J connectivity index is 1.93. The molecule has 0 saturated carbocycles. The van der Waals surface area contributed by atoms with Crippen LogP contribution >= 0.6 is 11.8 Å². The molecule has 27 heavy (non-hydrogen) atoms. The maximum absolute atomic E-state index is 12.9. The molecule has 3 aromatic rings. The number of thioether (sulfide) groups is 1. The third-order valence-corrected chi connectivity index (χ3v) is 4.76. The van der Waals surface area contributed by atoms with Gasteiger partial charge in [-0.25, -0.2) is 14.6 Å². The molecule has 2 heterocycles. The SMILES string of the molecule is CSc1nc(C(C)C)nc(C)c1C(=O)Nc1ccc(C)c(-n2cnnn2)c1. The van der Waals surface area contributed by atoms with Crippen LogP contribution in [0.1, 0.15) is 47.2 Å². The summed E-state index contributed by atoms with van der Waals surface area (Å²) in [5.41, 5.74) is 3.60. The minimum atomic E-state index is -0.237. The van der Waals surface area contributed by atoms with Gasteiger partial charge in [-0.15, -0.1) is 16.9 Å². The number of nitrogens with one attached hydrogen (secondary N) is 1. The molecule has 0 atom stereocenters. The highest BCUT2D eigenvalue weighted by atomic mass is 32.2. The normalized spacial score (nSPS) is 11.0. The van der Waals surface area contributed by atoms with Gasteiger partial charge in [-0.1, -0.05) is 19.9 Å². The Morgan fingerprint density at radius 2 is 2.00 bits per heavy atom. The third kappa shape index (κ3) is 3.97. The van der Waals surface area contributed by atoms with Crippen molar-refractivity contribution in [3.63, 3.8) is 0 Å². The lowest BCUT2D eigenvalue weighted by Gasteiger charge is -2.14. The van der Waals surface area contributed by atoms with Crippen LogP contribution in [0.15, 0.2) is 29.6 Å². The number of aryl methyl sites for hydroxylation is 2. The van der Waals surface area contributed by atoms with Crippen LogP contribution < -0.4 is 5.32 Å². The molecule has 1 amide bonds. The van der Waals surface area contributed by atoms with Crippen molar-refractivity contribution in [1.82, 2.24) is 30.2 Å². The second-order valence-electron chi connectivity index (χ2n) is 6.42. The summed E-state index contributed by atoms with van der Waals surface area (Å²) < 4.78 is 1.56. The Morgan fingerprint density at radius 1 is 1.22 bits per heavy atom. The molecule has 1 aromatic carbocycles. The molecule has 8 nitrogen and oxygen atoms in total. The molecule has 0 aliphatic rings. The first-order chi connectivity index (χ1) is 12.9. The van der Waals surface area contributed by atoms with E-state index in [1.807, 2.05) is 52.1 Å². The van der Waals surface area contributed by atoms with Crippen molar-refractivity contribution in [2.24, 2.45) is 0 Å². The van der Waals surface area contributed by atoms with E-state index >= 15 is 0 Å². The van der Waals surface area contributed by atoms with E-state index in [0.717, 1.165) is 17.1 Å². The van der Waals surface area contributed by atoms with Crippen molar-refractivity contribution in [1.29, 1.82) is 0 Å². The van der Waals surface area contributed by atoms with Crippen molar-refractivity contribution in [2.75, 3.05) is 11.6 Å². The zero-order valence-electron chi connectivity index (χ0n) is 15.9. The lowest BCUT2D eigenvalue weighted by molar-refractivity contribution is 0.102. The number of carbonyl (C=O) groups is 1. The number of rotatable bonds is 5. The molecule has 2 aromatic heterocycles. The molecule has 0 spiro atoms. The van der Waals surface area contributed by atoms with Gasteiger partial charge in [0.1, 0.15) is 17.2 Å². The van der Waals surface area contributed by atoms with Crippen LogP contribution in [0.5, 0.6) is 0 Å². The molecule has 140 valence electrons. The molecule has 0 unspecified atom stereocenters. The quantitative estimate of drug-likeness (QED) is 0.534. The van der Waals surface area contributed by atoms with Crippen molar-refractivity contribution in [2.45, 2.75) is 38.6 Å². The van der Waals surface area contributed by atoms with Gasteiger partial charge in [0, 0.05) is 11.6 Å². The number of hydrogen-bond donors (Lipinski definition) is 1. The summed E-state index contributed by atoms with van der Waals surface area (Å²) in [5.74, 6) is 0.700. The van der Waals surface area contributed by atoms with E-state index in [1.165, 1.54) is 18.1 Å². The molecule has 0 radical (unpaired) electrons. The first-order valence-corrected chi connectivity index (χ1v) is 9.71. The lowest BCUT2D eigenvalue weighted by Crippen LogP contribution is -2.18. The highest BCUT2D eigenvalue weighted by molar-refractivity contribution is 7.98. The zero-order chi connectivity index (χ0) is 19.6. The van der Waals surface area contributed by atoms with E-state index in [1.54, 1.807) is 4.68 Å². The molecule has 0 fully saturated rings. The van der Waals surface area contributed by atoms with Gasteiger partial charge in [0.05, 0.1) is 16.9 Å². The molecular weight excluding hydrogens is 362 g/mol. The van der Waals surface area contributed by atoms with Crippen LogP contribution in [-0.4, -0.2) is 42.3 Å². The van der Waals surface area contributed by atoms with Crippen molar-refractivity contribution >= 4 is 23.4 Å². The van der Waals surface area contributed by atoms with E-state index in [-0.39, 0.29) is 11.8 Å². The van der Waals surface area contributed by atoms with Crippen LogP contribution in [0.2, 0.25) is 0 Å². The third-order valence-electron chi connectivity index (χ3n) is 4.07. The number of amides is 1. The fourth-order valence-corrected chi connectivity index (χ4v) is 3.26. The Hall–Kier alpha value is -2.81. The van der Waals surface area contributed by atoms with Crippen LogP contribution in [0.4, 0.5) is 5.69 Å². The summed E-state index contributed by atoms with van der Waals surface area (Å²) in [4.78, 5) is 22.0. The molecule has 0 saturated heterocycles. The molecule has 0 aliphatic carbocycles. The second-order valence-corrected chi connectivity index (χ2v) is 7.21. The van der Waals surface area contributed by atoms with Crippen molar-refractivity contribution in [3.8, 4) is 5.69 Å². The Labute approximate surface area is 161 Å². The van der Waals surface area contributed by atoms with Crippen LogP contribution in [-0.2, 0) is 0 Å². The average molecular weight is 383 g/mol. The van der Waals surface area contributed by atoms with Crippen LogP contribution in [0.25, 0.3) is 5.69 Å². The monoisotopic (exact) mass is 383 g/mol. The summed E-state index contributed by atoms with van der Waals surface area (Å²) in [6, 6.07) is 5.59. The predicted molar refractivity (Wildman–Crippen MR) is 104 cm³/mol. The Morgan fingerprint density at radius 3 is 2.63 bits per heavy atom. The van der Waals surface area contributed by atoms with Crippen LogP contribution in [0.3, 0.4) is 0 Å². The fourth-order valence-electron chi connectivity index (χ4n) is 2.63. The fraction of sp³-hybridized carbons (Fsp3) is 0.333. The molecule has 0 aliphatic heterocycles. The number of aromatic nitrogens is 6. The Kier molecular flexibility index (Phi) is 5.50. The first kappa shape index (κ1) is 19.0. The standard InChI is InChI=1S/C18H21N7OS/c1-10(2)16-20-12(4)15(18(22-16)27-5)17(26)21-13-7-6-11(3)14(8-13)25-9-19-23-24-25/h6-10H,1-5H3,(H,21,26). The summed E-state index contributed by atoms with van der Waals surface area (Å²) in [6.45, 7) is 7.86. The molecule has 1 N–H and O–H groups in total. The van der Waals surface area contributed by atoms with Gasteiger partial charge < -0.3 is 5.32 Å². The summed E-state index contributed by atoms with van der Waals surface area (Å²) in [5, 5.41) is 14.8. The maximum Gasteiger partial charge on any atom is 0.260 e. The van der Waals surface area contributed by atoms with E-state index in [2.05, 4.69) is 30.8 Å². The smallest absolute Gasteiger partial charge is 0.260 e. The van der Waals surface area contributed by atoms with Gasteiger partial charge in [-0.2, -0.15) is 0 Å². The van der Waals surface area contributed by atoms with E-state index in [9.17, 15) is 4.79 Å². The molecular formula is C18H21N7OS. The largest absolute Gasteiger partial charge is 0.322 e. The van der Waals surface area contributed by atoms with Gasteiger partial charge in [0.25, 0.3) is 5.91 Å². The average Bonchev–Trinajstić information content (AvgIpc) is 3.16. The van der Waals surface area contributed by atoms with Crippen molar-refractivity contribution in [3.05, 3.63) is 47.2 Å². The number of anilines is 1. The van der Waals surface area contributed by atoms with Crippen molar-refractivity contribution < 1.29 is 4.79 Å². The molecule has 9 heteroatoms. The number of hydrogen-bond acceptors (Lipinski definition) is 7. The minimum Gasteiger partial charge on any atom is -0.322 e. The number of tetrazole rings is 1. The van der Waals surface area contributed by atoms with Gasteiger partial charge in [0.2, 0.25) is 0 Å². The van der Waals surface area contributed by atoms with E-state index < -0.39 is 0 Å². The number of benzene rings is 1. The zero-order valence-corrected chi connectivity index (χ0v) is 16.7. The van der Waals surface area contributed by atoms with Gasteiger partial charge in [0.15, 0.2) is 0 Å². The van der Waals surface area contributed by atoms with E-state index in [4.69, 9.17) is 0 Å². The number of carbonyl (C=O) groups excluding carboxylic acids is 1. The highest BCUT2D eigenvalue weighted by Gasteiger charge is 2.20. The summed E-state index contributed by atoms with van der Waals surface area (Å²) >= 11 is 1.44. The minimum absolute atomic E-state index is 0.197. The van der Waals surface area contributed by atoms with Gasteiger partial charge in [-0.05, 0) is 48.2 Å². The topological polar surface area (TPSA) is 98.5 Å². The Bertz CT molecular complexity index is 970. The summed E-state index contributed by atoms with van der Waals surface area (Å²) in [6.07, 6.45) is 3.42. The lowest BCUT2D eigenvalue weighted by atomic mass is 10.1. The number of nitrogens with zero attached hydrogens (tertiary/aromatic N) is 6. The van der Waals surface area contributed by atoms with Gasteiger partial charge >= 0.3 is 0 Å². The summed E-state index contributed by atoms with van der Waals surface area (Å²) in [7, 11) is 0.